The van der Waals surface area contributed by atoms with Crippen LogP contribution in [0.2, 0.25) is 0 Å². The lowest BCUT2D eigenvalue weighted by Gasteiger charge is -2.40. The van der Waals surface area contributed by atoms with Crippen molar-refractivity contribution in [3.8, 4) is 11.5 Å². The molecule has 2 heterocycles. The number of sulfone groups is 2. The summed E-state index contributed by atoms with van der Waals surface area (Å²) < 4.78 is 62.6. The molecule has 8 nitrogen and oxygen atoms in total. The van der Waals surface area contributed by atoms with E-state index in [1.165, 1.54) is 13.2 Å². The van der Waals surface area contributed by atoms with Gasteiger partial charge >= 0.3 is 0 Å². The molecule has 0 spiro atoms. The molecule has 0 bridgehead atoms. The van der Waals surface area contributed by atoms with E-state index in [0.717, 1.165) is 11.4 Å². The van der Waals surface area contributed by atoms with E-state index in [1.807, 2.05) is 29.2 Å². The lowest BCUT2D eigenvalue weighted by atomic mass is 10.1. The maximum atomic E-state index is 13.5. The predicted octanol–water partition coefficient (Wildman–Crippen LogP) is 1.77. The molecule has 0 saturated carbocycles. The van der Waals surface area contributed by atoms with Gasteiger partial charge in [0.2, 0.25) is 0 Å². The van der Waals surface area contributed by atoms with Crippen LogP contribution in [0.4, 0.5) is 5.69 Å². The van der Waals surface area contributed by atoms with E-state index >= 15 is 0 Å². The van der Waals surface area contributed by atoms with Crippen molar-refractivity contribution in [3.05, 3.63) is 48.0 Å². The minimum atomic E-state index is -3.83. The van der Waals surface area contributed by atoms with Crippen molar-refractivity contribution in [1.82, 2.24) is 4.90 Å². The second-order valence-electron chi connectivity index (χ2n) is 8.58. The van der Waals surface area contributed by atoms with E-state index in [1.54, 1.807) is 26.2 Å². The first-order valence-corrected chi connectivity index (χ1v) is 14.2. The maximum Gasteiger partial charge on any atom is 0.183 e. The van der Waals surface area contributed by atoms with Gasteiger partial charge in [-0.2, -0.15) is 0 Å². The zero-order valence-corrected chi connectivity index (χ0v) is 20.7. The van der Waals surface area contributed by atoms with E-state index in [0.29, 0.717) is 37.5 Å². The predicted molar refractivity (Wildman–Crippen MR) is 128 cm³/mol. The molecular weight excluding hydrogens is 464 g/mol. The Morgan fingerprint density at radius 2 is 1.58 bits per heavy atom. The zero-order chi connectivity index (χ0) is 23.8. The number of hydrogen-bond acceptors (Lipinski definition) is 8. The van der Waals surface area contributed by atoms with Gasteiger partial charge in [-0.3, -0.25) is 4.90 Å². The van der Waals surface area contributed by atoms with Crippen molar-refractivity contribution in [3.63, 3.8) is 0 Å². The molecule has 0 N–H and O–H groups in total. The standard InChI is InChI=1S/C23H30N2O6S2/c1-17-14-20(8-9-22(17)31-3)33(28,29)23-16-32(26,27)15-21(23)25-12-10-24(11-13-25)18-4-6-19(30-2)7-5-18/h4-9,14,21,23H,10-13,15-16H2,1-3H3/t21-,23-/m0/s1. The van der Waals surface area contributed by atoms with Crippen molar-refractivity contribution in [2.75, 3.05) is 56.8 Å². The van der Waals surface area contributed by atoms with Crippen LogP contribution in [0.15, 0.2) is 47.4 Å². The van der Waals surface area contributed by atoms with Gasteiger partial charge in [-0.05, 0) is 55.0 Å². The van der Waals surface area contributed by atoms with E-state index in [9.17, 15) is 16.8 Å². The topological polar surface area (TPSA) is 93.2 Å². The van der Waals surface area contributed by atoms with Gasteiger partial charge in [-0.1, -0.05) is 0 Å². The van der Waals surface area contributed by atoms with Crippen LogP contribution in [0.5, 0.6) is 11.5 Å². The number of benzene rings is 2. The summed E-state index contributed by atoms with van der Waals surface area (Å²) >= 11 is 0. The summed E-state index contributed by atoms with van der Waals surface area (Å²) in [6.45, 7) is 4.35. The van der Waals surface area contributed by atoms with Crippen LogP contribution in [0.1, 0.15) is 5.56 Å². The number of nitrogens with zero attached hydrogens (tertiary/aromatic N) is 2. The average Bonchev–Trinajstić information content (AvgIpc) is 3.15. The average molecular weight is 495 g/mol. The molecule has 0 aromatic heterocycles. The highest BCUT2D eigenvalue weighted by Crippen LogP contribution is 2.32. The molecule has 0 aliphatic carbocycles. The fraction of sp³-hybridized carbons (Fsp3) is 0.478. The zero-order valence-electron chi connectivity index (χ0n) is 19.1. The van der Waals surface area contributed by atoms with Crippen LogP contribution in [-0.4, -0.2) is 84.9 Å². The van der Waals surface area contributed by atoms with E-state index in [2.05, 4.69) is 4.90 Å². The minimum absolute atomic E-state index is 0.130. The van der Waals surface area contributed by atoms with Crippen LogP contribution in [0.3, 0.4) is 0 Å². The van der Waals surface area contributed by atoms with Crippen LogP contribution in [0.25, 0.3) is 0 Å². The van der Waals surface area contributed by atoms with Gasteiger partial charge in [-0.15, -0.1) is 0 Å². The Kier molecular flexibility index (Phi) is 6.61. The number of piperazine rings is 1. The van der Waals surface area contributed by atoms with Crippen molar-refractivity contribution in [2.45, 2.75) is 23.1 Å². The molecule has 2 aliphatic heterocycles. The Balaban J connectivity index is 1.53. The Bertz CT molecular complexity index is 1200. The Labute approximate surface area is 195 Å². The molecule has 2 atom stereocenters. The van der Waals surface area contributed by atoms with Crippen LogP contribution in [0, 0.1) is 6.92 Å². The van der Waals surface area contributed by atoms with Crippen LogP contribution >= 0.6 is 0 Å². The fourth-order valence-corrected chi connectivity index (χ4v) is 9.65. The second-order valence-corrected chi connectivity index (χ2v) is 12.9. The largest absolute Gasteiger partial charge is 0.497 e. The fourth-order valence-electron chi connectivity index (χ4n) is 4.74. The molecule has 33 heavy (non-hydrogen) atoms. The monoisotopic (exact) mass is 494 g/mol. The number of hydrogen-bond donors (Lipinski definition) is 0. The molecule has 2 aliphatic rings. The van der Waals surface area contributed by atoms with Gasteiger partial charge in [0, 0.05) is 37.9 Å². The third-order valence-corrected chi connectivity index (χ3v) is 10.7. The summed E-state index contributed by atoms with van der Waals surface area (Å²) in [5, 5.41) is -0.983. The normalized spacial score (nSPS) is 23.4. The molecule has 2 fully saturated rings. The smallest absolute Gasteiger partial charge is 0.183 e. The number of methoxy groups -OCH3 is 2. The molecule has 10 heteroatoms. The van der Waals surface area contributed by atoms with Crippen molar-refractivity contribution < 1.29 is 26.3 Å². The maximum absolute atomic E-state index is 13.5. The third-order valence-electron chi connectivity index (χ3n) is 6.59. The summed E-state index contributed by atoms with van der Waals surface area (Å²) in [4.78, 5) is 4.39. The number of anilines is 1. The lowest BCUT2D eigenvalue weighted by molar-refractivity contribution is 0.201. The van der Waals surface area contributed by atoms with Crippen LogP contribution in [-0.2, 0) is 19.7 Å². The third kappa shape index (κ3) is 4.83. The molecular formula is C23H30N2O6S2. The molecule has 0 unspecified atom stereocenters. The molecule has 0 amide bonds. The number of rotatable bonds is 6. The molecule has 180 valence electrons. The number of aryl methyl sites for hydroxylation is 1. The molecule has 2 aromatic rings. The molecule has 4 rings (SSSR count). The van der Waals surface area contributed by atoms with Crippen LogP contribution < -0.4 is 14.4 Å². The Morgan fingerprint density at radius 1 is 0.909 bits per heavy atom. The highest BCUT2D eigenvalue weighted by Gasteiger charge is 2.48. The van der Waals surface area contributed by atoms with Gasteiger partial charge in [0.1, 0.15) is 11.5 Å². The summed E-state index contributed by atoms with van der Waals surface area (Å²) in [5.41, 5.74) is 1.76. The first-order valence-electron chi connectivity index (χ1n) is 10.9. The van der Waals surface area contributed by atoms with E-state index in [4.69, 9.17) is 9.47 Å². The minimum Gasteiger partial charge on any atom is -0.497 e. The highest BCUT2D eigenvalue weighted by molar-refractivity contribution is 7.96. The molecule has 2 aromatic carbocycles. The molecule has 0 radical (unpaired) electrons. The molecule has 2 saturated heterocycles. The van der Waals surface area contributed by atoms with Gasteiger partial charge in [0.05, 0.1) is 35.9 Å². The summed E-state index contributed by atoms with van der Waals surface area (Å²) in [5.74, 6) is 0.910. The summed E-state index contributed by atoms with van der Waals surface area (Å²) in [6.07, 6.45) is 0. The van der Waals surface area contributed by atoms with E-state index in [-0.39, 0.29) is 16.4 Å². The lowest BCUT2D eigenvalue weighted by Crippen LogP contribution is -2.55. The quantitative estimate of drug-likeness (QED) is 0.600. The Morgan fingerprint density at radius 3 is 2.15 bits per heavy atom. The second kappa shape index (κ2) is 9.15. The first-order chi connectivity index (χ1) is 15.6. The van der Waals surface area contributed by atoms with Crippen molar-refractivity contribution >= 4 is 25.4 Å². The Hall–Kier alpha value is -2.30. The van der Waals surface area contributed by atoms with Crippen molar-refractivity contribution in [1.29, 1.82) is 0 Å². The van der Waals surface area contributed by atoms with Gasteiger partial charge in [0.25, 0.3) is 0 Å². The summed E-state index contributed by atoms with van der Waals surface area (Å²) in [6, 6.07) is 11.9. The van der Waals surface area contributed by atoms with Crippen molar-refractivity contribution in [2.24, 2.45) is 0 Å². The van der Waals surface area contributed by atoms with Gasteiger partial charge in [0.15, 0.2) is 19.7 Å². The number of ether oxygens (including phenoxy) is 2. The first kappa shape index (κ1) is 23.8. The van der Waals surface area contributed by atoms with Gasteiger partial charge < -0.3 is 14.4 Å². The highest BCUT2D eigenvalue weighted by atomic mass is 32.2. The van der Waals surface area contributed by atoms with Gasteiger partial charge in [-0.25, -0.2) is 16.8 Å². The summed E-state index contributed by atoms with van der Waals surface area (Å²) in [7, 11) is -4.13. The van der Waals surface area contributed by atoms with E-state index < -0.39 is 31.0 Å². The SMILES string of the molecule is COc1ccc(N2CCN([C@H]3CS(=O)(=O)C[C@@H]3S(=O)(=O)c3ccc(OC)c(C)c3)CC2)cc1.